The zero-order valence-electron chi connectivity index (χ0n) is 10.1. The van der Waals surface area contributed by atoms with Crippen LogP contribution in [0.15, 0.2) is 4.52 Å². The zero-order chi connectivity index (χ0) is 12.4. The summed E-state index contributed by atoms with van der Waals surface area (Å²) in [5.74, 6) is 0.341. The van der Waals surface area contributed by atoms with Gasteiger partial charge in [0.15, 0.2) is 5.82 Å². The first-order chi connectivity index (χ1) is 8.11. The maximum absolute atomic E-state index is 13.8. The van der Waals surface area contributed by atoms with Crippen LogP contribution in [0, 0.1) is 5.92 Å². The molecule has 1 aromatic rings. The summed E-state index contributed by atoms with van der Waals surface area (Å²) in [6, 6.07) is 0.383. The number of halogens is 1. The zero-order valence-corrected chi connectivity index (χ0v) is 10.1. The Morgan fingerprint density at radius 1 is 1.65 bits per heavy atom. The van der Waals surface area contributed by atoms with Gasteiger partial charge in [-0.25, -0.2) is 4.39 Å². The minimum atomic E-state index is -1.05. The molecule has 1 aliphatic rings. The van der Waals surface area contributed by atoms with E-state index >= 15 is 0 Å². The molecule has 3 unspecified atom stereocenters. The molecule has 2 heterocycles. The minimum absolute atomic E-state index is 0.209. The molecule has 3 atom stereocenters. The van der Waals surface area contributed by atoms with Gasteiger partial charge in [-0.1, -0.05) is 12.1 Å². The van der Waals surface area contributed by atoms with E-state index in [4.69, 9.17) is 4.52 Å². The van der Waals surface area contributed by atoms with Crippen LogP contribution in [0.25, 0.3) is 0 Å². The Balaban J connectivity index is 2.01. The molecule has 0 radical (unpaired) electrons. The monoisotopic (exact) mass is 243 g/mol. The van der Waals surface area contributed by atoms with Gasteiger partial charge in [-0.2, -0.15) is 4.98 Å². The summed E-state index contributed by atoms with van der Waals surface area (Å²) in [4.78, 5) is 5.92. The van der Waals surface area contributed by atoms with E-state index in [0.717, 1.165) is 0 Å². The van der Waals surface area contributed by atoms with Crippen LogP contribution in [-0.2, 0) is 6.42 Å². The molecular weight excluding hydrogens is 225 g/mol. The number of rotatable bonds is 3. The van der Waals surface area contributed by atoms with Gasteiger partial charge >= 0.3 is 6.01 Å². The van der Waals surface area contributed by atoms with Crippen molar-refractivity contribution in [2.45, 2.75) is 39.0 Å². The van der Waals surface area contributed by atoms with Crippen LogP contribution < -0.4 is 4.90 Å². The third kappa shape index (κ3) is 2.57. The average Bonchev–Trinajstić information content (AvgIpc) is 2.76. The molecule has 0 spiro atoms. The van der Waals surface area contributed by atoms with Crippen molar-refractivity contribution in [3.05, 3.63) is 5.82 Å². The van der Waals surface area contributed by atoms with E-state index in [1.54, 1.807) is 11.8 Å². The number of hydrogen-bond acceptors (Lipinski definition) is 5. The van der Waals surface area contributed by atoms with Gasteiger partial charge in [-0.15, -0.1) is 0 Å². The van der Waals surface area contributed by atoms with Gasteiger partial charge in [0.2, 0.25) is 0 Å². The Morgan fingerprint density at radius 2 is 2.41 bits per heavy atom. The molecule has 1 saturated heterocycles. The molecule has 17 heavy (non-hydrogen) atoms. The second-order valence-corrected chi connectivity index (χ2v) is 4.50. The van der Waals surface area contributed by atoms with Gasteiger partial charge in [-0.05, 0) is 13.3 Å². The molecule has 0 aromatic carbocycles. The normalized spacial score (nSPS) is 27.2. The molecule has 1 N–H and O–H groups in total. The molecule has 0 amide bonds. The third-order valence-corrected chi connectivity index (χ3v) is 3.26. The molecular formula is C11H18FN3O2. The second kappa shape index (κ2) is 5.00. The van der Waals surface area contributed by atoms with Crippen molar-refractivity contribution >= 4 is 6.01 Å². The van der Waals surface area contributed by atoms with Crippen molar-refractivity contribution < 1.29 is 14.0 Å². The standard InChI is InChI=1S/C11H18FN3O2/c1-3-10-13-11(17-14-10)15-5-4-8(7(2)16)9(12)6-15/h7-9,16H,3-6H2,1-2H3. The van der Waals surface area contributed by atoms with Crippen molar-refractivity contribution in [2.75, 3.05) is 18.0 Å². The molecule has 1 aromatic heterocycles. The topological polar surface area (TPSA) is 62.4 Å². The van der Waals surface area contributed by atoms with E-state index in [-0.39, 0.29) is 12.5 Å². The lowest BCUT2D eigenvalue weighted by Crippen LogP contribution is -2.45. The van der Waals surface area contributed by atoms with E-state index < -0.39 is 12.3 Å². The summed E-state index contributed by atoms with van der Waals surface area (Å²) in [6.07, 6.45) is -0.364. The van der Waals surface area contributed by atoms with E-state index in [1.807, 2.05) is 6.92 Å². The molecule has 2 rings (SSSR count). The number of piperidine rings is 1. The number of aliphatic hydroxyl groups is 1. The number of aromatic nitrogens is 2. The summed E-state index contributed by atoms with van der Waals surface area (Å²) in [5.41, 5.74) is 0. The molecule has 0 saturated carbocycles. The number of alkyl halides is 1. The van der Waals surface area contributed by atoms with Crippen LogP contribution in [0.2, 0.25) is 0 Å². The highest BCUT2D eigenvalue weighted by atomic mass is 19.1. The Hall–Kier alpha value is -1.17. The predicted octanol–water partition coefficient (Wildman–Crippen LogP) is 1.18. The first-order valence-electron chi connectivity index (χ1n) is 6.01. The highest BCUT2D eigenvalue weighted by Gasteiger charge is 2.33. The highest BCUT2D eigenvalue weighted by molar-refractivity contribution is 5.26. The van der Waals surface area contributed by atoms with Crippen LogP contribution in [0.5, 0.6) is 0 Å². The lowest BCUT2D eigenvalue weighted by Gasteiger charge is -2.34. The van der Waals surface area contributed by atoms with Crippen LogP contribution in [0.4, 0.5) is 10.4 Å². The van der Waals surface area contributed by atoms with Crippen molar-refractivity contribution in [3.63, 3.8) is 0 Å². The fourth-order valence-corrected chi connectivity index (χ4v) is 2.16. The summed E-state index contributed by atoms with van der Waals surface area (Å²) >= 11 is 0. The van der Waals surface area contributed by atoms with Gasteiger partial charge in [0.1, 0.15) is 6.17 Å². The van der Waals surface area contributed by atoms with E-state index in [0.29, 0.717) is 31.2 Å². The first kappa shape index (κ1) is 12.3. The smallest absolute Gasteiger partial charge is 0.324 e. The molecule has 6 heteroatoms. The number of anilines is 1. The quantitative estimate of drug-likeness (QED) is 0.863. The van der Waals surface area contributed by atoms with Crippen molar-refractivity contribution in [1.82, 2.24) is 10.1 Å². The van der Waals surface area contributed by atoms with Crippen molar-refractivity contribution in [2.24, 2.45) is 5.92 Å². The summed E-state index contributed by atoms with van der Waals surface area (Å²) in [7, 11) is 0. The molecule has 96 valence electrons. The molecule has 1 fully saturated rings. The van der Waals surface area contributed by atoms with Gasteiger partial charge in [-0.3, -0.25) is 0 Å². The molecule has 0 bridgehead atoms. The fourth-order valence-electron chi connectivity index (χ4n) is 2.16. The number of aliphatic hydroxyl groups excluding tert-OH is 1. The SMILES string of the molecule is CCc1noc(N2CCC(C(C)O)C(F)C2)n1. The van der Waals surface area contributed by atoms with Crippen LogP contribution in [0.3, 0.4) is 0 Å². The third-order valence-electron chi connectivity index (χ3n) is 3.26. The Bertz CT molecular complexity index is 369. The van der Waals surface area contributed by atoms with E-state index in [2.05, 4.69) is 10.1 Å². The summed E-state index contributed by atoms with van der Waals surface area (Å²) in [5, 5.41) is 13.2. The Labute approximate surface area is 99.6 Å². The molecule has 1 aliphatic heterocycles. The molecule has 0 aliphatic carbocycles. The second-order valence-electron chi connectivity index (χ2n) is 4.50. The van der Waals surface area contributed by atoms with Crippen LogP contribution in [-0.4, -0.2) is 40.6 Å². The maximum atomic E-state index is 13.8. The lowest BCUT2D eigenvalue weighted by atomic mass is 9.91. The average molecular weight is 243 g/mol. The lowest BCUT2D eigenvalue weighted by molar-refractivity contribution is 0.0543. The van der Waals surface area contributed by atoms with Gasteiger partial charge in [0.25, 0.3) is 0 Å². The first-order valence-corrected chi connectivity index (χ1v) is 6.01. The van der Waals surface area contributed by atoms with E-state index in [9.17, 15) is 9.50 Å². The Morgan fingerprint density at radius 3 is 2.94 bits per heavy atom. The van der Waals surface area contributed by atoms with Gasteiger partial charge in [0.05, 0.1) is 12.6 Å². The number of aryl methyl sites for hydroxylation is 1. The summed E-state index contributed by atoms with van der Waals surface area (Å²) < 4.78 is 18.9. The largest absolute Gasteiger partial charge is 0.393 e. The molecule has 5 nitrogen and oxygen atoms in total. The van der Waals surface area contributed by atoms with Crippen molar-refractivity contribution in [1.29, 1.82) is 0 Å². The van der Waals surface area contributed by atoms with Crippen LogP contribution >= 0.6 is 0 Å². The van der Waals surface area contributed by atoms with E-state index in [1.165, 1.54) is 0 Å². The highest BCUT2D eigenvalue weighted by Crippen LogP contribution is 2.26. The van der Waals surface area contributed by atoms with Gasteiger partial charge in [0, 0.05) is 18.9 Å². The maximum Gasteiger partial charge on any atom is 0.324 e. The summed E-state index contributed by atoms with van der Waals surface area (Å²) in [6.45, 7) is 4.42. The number of nitrogens with zero attached hydrogens (tertiary/aromatic N) is 3. The van der Waals surface area contributed by atoms with Gasteiger partial charge < -0.3 is 14.5 Å². The Kier molecular flexibility index (Phi) is 3.61. The number of hydrogen-bond donors (Lipinski definition) is 1. The minimum Gasteiger partial charge on any atom is -0.393 e. The predicted molar refractivity (Wildman–Crippen MR) is 60.6 cm³/mol. The van der Waals surface area contributed by atoms with Crippen molar-refractivity contribution in [3.8, 4) is 0 Å². The fraction of sp³-hybridized carbons (Fsp3) is 0.818. The van der Waals surface area contributed by atoms with Crippen LogP contribution in [0.1, 0.15) is 26.1 Å².